The van der Waals surface area contributed by atoms with Gasteiger partial charge in [-0.15, -0.1) is 0 Å². The molecule has 0 atom stereocenters. The maximum atomic E-state index is 13.7. The zero-order valence-electron chi connectivity index (χ0n) is 29.9. The fourth-order valence-corrected chi connectivity index (χ4v) is 7.02. The van der Waals surface area contributed by atoms with E-state index in [0.717, 1.165) is 44.5 Å². The van der Waals surface area contributed by atoms with Crippen LogP contribution in [0.25, 0.3) is 0 Å². The molecule has 268 valence electrons. The molecule has 6 nitrogen and oxygen atoms in total. The number of rotatable bonds is 6. The van der Waals surface area contributed by atoms with Crippen molar-refractivity contribution in [3.05, 3.63) is 231 Å². The molecule has 6 heteroatoms. The average molecular weight is 721 g/mol. The summed E-state index contributed by atoms with van der Waals surface area (Å²) in [6, 6.07) is 52.5. The molecule has 0 N–H and O–H groups in total. The Bertz CT molecular complexity index is 2370. The van der Waals surface area contributed by atoms with Crippen LogP contribution in [-0.4, -0.2) is 17.9 Å². The van der Waals surface area contributed by atoms with E-state index >= 15 is 0 Å². The minimum Gasteiger partial charge on any atom is -0.422 e. The van der Waals surface area contributed by atoms with Crippen LogP contribution in [0.2, 0.25) is 0 Å². The van der Waals surface area contributed by atoms with Crippen LogP contribution in [0, 0.1) is 0 Å². The van der Waals surface area contributed by atoms with Crippen molar-refractivity contribution in [2.45, 2.75) is 25.7 Å². The molecule has 0 heterocycles. The van der Waals surface area contributed by atoms with Gasteiger partial charge in [-0.1, -0.05) is 133 Å². The summed E-state index contributed by atoms with van der Waals surface area (Å²) in [6.45, 7) is 0. The molecular formula is C49H36O6. The molecular weight excluding hydrogens is 685 g/mol. The first-order valence-corrected chi connectivity index (χ1v) is 18.2. The van der Waals surface area contributed by atoms with Crippen molar-refractivity contribution in [2.24, 2.45) is 0 Å². The van der Waals surface area contributed by atoms with Gasteiger partial charge in [-0.25, -0.2) is 14.4 Å². The van der Waals surface area contributed by atoms with Crippen molar-refractivity contribution < 1.29 is 28.6 Å². The minimum absolute atomic E-state index is 0.298. The molecule has 0 amide bonds. The van der Waals surface area contributed by atoms with Crippen LogP contribution >= 0.6 is 0 Å². The van der Waals surface area contributed by atoms with Crippen LogP contribution in [-0.2, 0) is 25.7 Å². The van der Waals surface area contributed by atoms with E-state index in [1.165, 1.54) is 0 Å². The lowest BCUT2D eigenvalue weighted by Gasteiger charge is -2.20. The number of esters is 3. The summed E-state index contributed by atoms with van der Waals surface area (Å²) in [5.74, 6) is -0.0860. The van der Waals surface area contributed by atoms with E-state index in [-0.39, 0.29) is 0 Å². The van der Waals surface area contributed by atoms with Crippen LogP contribution in [0.1, 0.15) is 75.6 Å². The second-order valence-corrected chi connectivity index (χ2v) is 13.5. The van der Waals surface area contributed by atoms with Gasteiger partial charge in [-0.05, 0) is 80.9 Å². The monoisotopic (exact) mass is 720 g/mol. The Morgan fingerprint density at radius 3 is 0.891 bits per heavy atom. The lowest BCUT2D eigenvalue weighted by atomic mass is 9.92. The van der Waals surface area contributed by atoms with Crippen molar-refractivity contribution in [1.82, 2.24) is 0 Å². The molecule has 8 rings (SSSR count). The normalized spacial score (nSPS) is 11.9. The number of fused-ring (bicyclic) bond motifs is 8. The Kier molecular flexibility index (Phi) is 10.1. The Morgan fingerprint density at radius 1 is 0.309 bits per heavy atom. The maximum absolute atomic E-state index is 13.7. The van der Waals surface area contributed by atoms with E-state index in [1.807, 2.05) is 78.9 Å². The molecule has 0 fully saturated rings. The third-order valence-corrected chi connectivity index (χ3v) is 9.69. The van der Waals surface area contributed by atoms with Gasteiger partial charge in [0.05, 0.1) is 16.7 Å². The Balaban J connectivity index is 1.29. The van der Waals surface area contributed by atoms with E-state index in [0.29, 0.717) is 59.6 Å². The van der Waals surface area contributed by atoms with E-state index < -0.39 is 17.9 Å². The first kappa shape index (κ1) is 35.0. The first-order chi connectivity index (χ1) is 27.0. The zero-order valence-corrected chi connectivity index (χ0v) is 29.9. The summed E-state index contributed by atoms with van der Waals surface area (Å²) in [4.78, 5) is 40.9. The highest BCUT2D eigenvalue weighted by molar-refractivity contribution is 5.93. The van der Waals surface area contributed by atoms with Gasteiger partial charge in [0, 0.05) is 25.7 Å². The van der Waals surface area contributed by atoms with Crippen LogP contribution in [0.3, 0.4) is 0 Å². The standard InChI is InChI=1S/C49H36O6/c50-47(35-16-4-1-5-17-35)53-44-38-22-11-24-40(44)31-42-26-13-27-43(46(42)55-49(52)37-20-8-3-9-21-37)32-41-25-12-23-39(30-34-15-10-14-33(28-34)29-38)45(41)54-48(51)36-18-6-2-7-19-36/h1-28H,29-32H2. The van der Waals surface area contributed by atoms with Gasteiger partial charge in [-0.3, -0.25) is 0 Å². The minimum atomic E-state index is -0.504. The van der Waals surface area contributed by atoms with E-state index in [9.17, 15) is 14.4 Å². The van der Waals surface area contributed by atoms with Gasteiger partial charge >= 0.3 is 17.9 Å². The smallest absolute Gasteiger partial charge is 0.343 e. The van der Waals surface area contributed by atoms with Gasteiger partial charge in [0.2, 0.25) is 0 Å². The molecule has 1 aliphatic carbocycles. The van der Waals surface area contributed by atoms with E-state index in [4.69, 9.17) is 14.2 Å². The molecule has 0 spiro atoms. The van der Waals surface area contributed by atoms with Crippen LogP contribution in [0.4, 0.5) is 0 Å². The lowest BCUT2D eigenvalue weighted by molar-refractivity contribution is 0.0722. The lowest BCUT2D eigenvalue weighted by Crippen LogP contribution is -2.14. The number of carbonyl (C=O) groups excluding carboxylic acids is 3. The Labute approximate surface area is 319 Å². The van der Waals surface area contributed by atoms with Crippen molar-refractivity contribution in [3.63, 3.8) is 0 Å². The van der Waals surface area contributed by atoms with Crippen molar-refractivity contribution in [1.29, 1.82) is 0 Å². The SMILES string of the molecule is O=C(Oc1c2cccc1Cc1cccc(c1OC(=O)c1ccccc1)Cc1cccc(c1OC(=O)c1ccccc1)Cc1cccc(c1)C2)c1ccccc1. The van der Waals surface area contributed by atoms with Crippen molar-refractivity contribution >= 4 is 17.9 Å². The highest BCUT2D eigenvalue weighted by Crippen LogP contribution is 2.37. The molecule has 0 unspecified atom stereocenters. The van der Waals surface area contributed by atoms with E-state index in [2.05, 4.69) is 18.2 Å². The number of benzene rings is 7. The highest BCUT2D eigenvalue weighted by atomic mass is 16.5. The maximum Gasteiger partial charge on any atom is 0.343 e. The van der Waals surface area contributed by atoms with Crippen LogP contribution in [0.5, 0.6) is 17.2 Å². The fourth-order valence-electron chi connectivity index (χ4n) is 7.02. The molecule has 0 aromatic heterocycles. The van der Waals surface area contributed by atoms with Crippen molar-refractivity contribution in [2.75, 3.05) is 0 Å². The van der Waals surface area contributed by atoms with Gasteiger partial charge in [-0.2, -0.15) is 0 Å². The summed E-state index contributed by atoms with van der Waals surface area (Å²) in [5.41, 5.74) is 7.99. The second kappa shape index (κ2) is 15.9. The van der Waals surface area contributed by atoms with Crippen LogP contribution in [0.15, 0.2) is 170 Å². The van der Waals surface area contributed by atoms with Gasteiger partial charge in [0.1, 0.15) is 17.2 Å². The number of ether oxygens (including phenoxy) is 3. The fraction of sp³-hybridized carbons (Fsp3) is 0.0816. The largest absolute Gasteiger partial charge is 0.422 e. The zero-order chi connectivity index (χ0) is 37.6. The van der Waals surface area contributed by atoms with Crippen LogP contribution < -0.4 is 14.2 Å². The second-order valence-electron chi connectivity index (χ2n) is 13.5. The first-order valence-electron chi connectivity index (χ1n) is 18.2. The third-order valence-electron chi connectivity index (χ3n) is 9.69. The molecule has 55 heavy (non-hydrogen) atoms. The number of hydrogen-bond donors (Lipinski definition) is 0. The van der Waals surface area contributed by atoms with E-state index in [1.54, 1.807) is 72.8 Å². The van der Waals surface area contributed by atoms with Gasteiger partial charge in [0.25, 0.3) is 0 Å². The van der Waals surface area contributed by atoms with Gasteiger partial charge in [0.15, 0.2) is 0 Å². The Hall–Kier alpha value is -7.05. The van der Waals surface area contributed by atoms with Crippen molar-refractivity contribution in [3.8, 4) is 17.2 Å². The van der Waals surface area contributed by atoms with Gasteiger partial charge < -0.3 is 14.2 Å². The molecule has 7 aromatic rings. The average Bonchev–Trinajstić information content (AvgIpc) is 3.22. The summed E-state index contributed by atoms with van der Waals surface area (Å²) in [7, 11) is 0. The Morgan fingerprint density at radius 2 is 0.582 bits per heavy atom. The topological polar surface area (TPSA) is 78.9 Å². The number of hydrogen-bond acceptors (Lipinski definition) is 6. The highest BCUT2D eigenvalue weighted by Gasteiger charge is 2.23. The number of carbonyl (C=O) groups is 3. The molecule has 0 radical (unpaired) electrons. The number of para-hydroxylation sites is 3. The molecule has 0 aliphatic heterocycles. The summed E-state index contributed by atoms with van der Waals surface area (Å²) >= 11 is 0. The predicted molar refractivity (Wildman–Crippen MR) is 211 cm³/mol. The molecule has 8 bridgehead atoms. The summed E-state index contributed by atoms with van der Waals surface area (Å²) < 4.78 is 18.9. The quantitative estimate of drug-likeness (QED) is 0.126. The molecule has 7 aromatic carbocycles. The third kappa shape index (κ3) is 7.99. The molecule has 0 saturated carbocycles. The summed E-state index contributed by atoms with van der Waals surface area (Å²) in [6.07, 6.45) is 1.58. The predicted octanol–water partition coefficient (Wildman–Crippen LogP) is 10.0. The molecule has 1 aliphatic rings. The molecule has 0 saturated heterocycles. The summed E-state index contributed by atoms with van der Waals surface area (Å²) in [5, 5.41) is 0.